The number of aryl methyl sites for hydroxylation is 1. The number of nitrogens with one attached hydrogen (secondary N) is 1. The Labute approximate surface area is 146 Å². The monoisotopic (exact) mass is 349 g/mol. The van der Waals surface area contributed by atoms with E-state index in [4.69, 9.17) is 16.3 Å². The van der Waals surface area contributed by atoms with Crippen LogP contribution in [0.2, 0.25) is 5.02 Å². The van der Waals surface area contributed by atoms with Crippen molar-refractivity contribution in [2.75, 3.05) is 18.9 Å². The summed E-state index contributed by atoms with van der Waals surface area (Å²) in [6.07, 6.45) is 0. The van der Waals surface area contributed by atoms with E-state index in [1.807, 2.05) is 55.5 Å². The van der Waals surface area contributed by atoms with Gasteiger partial charge in [-0.2, -0.15) is 0 Å². The summed E-state index contributed by atoms with van der Waals surface area (Å²) in [5, 5.41) is 3.58. The Hall–Kier alpha value is -1.65. The van der Waals surface area contributed by atoms with Gasteiger partial charge in [0.25, 0.3) is 0 Å². The van der Waals surface area contributed by atoms with Crippen LogP contribution in [0.4, 0.5) is 0 Å². The van der Waals surface area contributed by atoms with Gasteiger partial charge in [-0.15, -0.1) is 11.8 Å². The summed E-state index contributed by atoms with van der Waals surface area (Å²) in [4.78, 5) is 11.7. The standard InChI is InChI=1S/C18H20ClNO2S/c1-14-2-8-17(9-3-14)22-11-10-20-18(21)13-23-12-15-4-6-16(19)7-5-15/h2-9H,10-13H2,1H3,(H,20,21). The van der Waals surface area contributed by atoms with Crippen molar-refractivity contribution >= 4 is 29.3 Å². The molecule has 1 amide bonds. The van der Waals surface area contributed by atoms with Crippen molar-refractivity contribution in [1.82, 2.24) is 5.32 Å². The third kappa shape index (κ3) is 6.97. The van der Waals surface area contributed by atoms with Crippen molar-refractivity contribution in [2.45, 2.75) is 12.7 Å². The van der Waals surface area contributed by atoms with Gasteiger partial charge >= 0.3 is 0 Å². The molecule has 0 fully saturated rings. The summed E-state index contributed by atoms with van der Waals surface area (Å²) in [5.74, 6) is 2.08. The van der Waals surface area contributed by atoms with E-state index >= 15 is 0 Å². The first kappa shape index (κ1) is 17.7. The topological polar surface area (TPSA) is 38.3 Å². The van der Waals surface area contributed by atoms with Crippen LogP contribution in [0.3, 0.4) is 0 Å². The van der Waals surface area contributed by atoms with E-state index in [1.54, 1.807) is 11.8 Å². The first-order valence-electron chi connectivity index (χ1n) is 7.42. The zero-order chi connectivity index (χ0) is 16.5. The molecule has 5 heteroatoms. The minimum atomic E-state index is 0.0245. The number of carbonyl (C=O) groups is 1. The molecule has 0 aliphatic heterocycles. The molecular formula is C18H20ClNO2S. The van der Waals surface area contributed by atoms with E-state index < -0.39 is 0 Å². The summed E-state index contributed by atoms with van der Waals surface area (Å²) in [7, 11) is 0. The maximum Gasteiger partial charge on any atom is 0.230 e. The van der Waals surface area contributed by atoms with Crippen LogP contribution in [0.1, 0.15) is 11.1 Å². The highest BCUT2D eigenvalue weighted by Crippen LogP contribution is 2.15. The molecule has 2 rings (SSSR count). The Morgan fingerprint density at radius 1 is 1.13 bits per heavy atom. The molecule has 0 heterocycles. The Bertz CT molecular complexity index is 614. The molecule has 0 saturated carbocycles. The second-order valence-corrected chi connectivity index (χ2v) is 6.55. The van der Waals surface area contributed by atoms with Gasteiger partial charge in [-0.1, -0.05) is 41.4 Å². The molecule has 0 radical (unpaired) electrons. The van der Waals surface area contributed by atoms with Gasteiger partial charge < -0.3 is 10.1 Å². The number of halogens is 1. The van der Waals surface area contributed by atoms with Gasteiger partial charge in [-0.05, 0) is 36.8 Å². The molecule has 2 aromatic carbocycles. The number of hydrogen-bond acceptors (Lipinski definition) is 3. The van der Waals surface area contributed by atoms with E-state index in [9.17, 15) is 4.79 Å². The van der Waals surface area contributed by atoms with E-state index in [0.29, 0.717) is 18.9 Å². The fourth-order valence-electron chi connectivity index (χ4n) is 1.89. The van der Waals surface area contributed by atoms with Crippen LogP contribution in [0.25, 0.3) is 0 Å². The number of amides is 1. The van der Waals surface area contributed by atoms with Crippen molar-refractivity contribution in [3.8, 4) is 5.75 Å². The second-order valence-electron chi connectivity index (χ2n) is 5.13. The first-order chi connectivity index (χ1) is 11.1. The molecule has 1 N–H and O–H groups in total. The van der Waals surface area contributed by atoms with Crippen LogP contribution < -0.4 is 10.1 Å². The summed E-state index contributed by atoms with van der Waals surface area (Å²) in [6.45, 7) is 3.01. The fraction of sp³-hybridized carbons (Fsp3) is 0.278. The van der Waals surface area contributed by atoms with E-state index in [1.165, 1.54) is 5.56 Å². The molecule has 0 saturated heterocycles. The minimum Gasteiger partial charge on any atom is -0.492 e. The number of benzene rings is 2. The highest BCUT2D eigenvalue weighted by Gasteiger charge is 2.02. The van der Waals surface area contributed by atoms with Crippen LogP contribution in [-0.4, -0.2) is 24.8 Å². The van der Waals surface area contributed by atoms with Gasteiger partial charge in [0.2, 0.25) is 5.91 Å². The average Bonchev–Trinajstić information content (AvgIpc) is 2.55. The molecule has 0 spiro atoms. The lowest BCUT2D eigenvalue weighted by molar-refractivity contribution is -0.118. The first-order valence-corrected chi connectivity index (χ1v) is 8.95. The van der Waals surface area contributed by atoms with Crippen LogP contribution in [-0.2, 0) is 10.5 Å². The molecule has 0 aliphatic carbocycles. The van der Waals surface area contributed by atoms with Gasteiger partial charge in [0.15, 0.2) is 0 Å². The molecule has 0 unspecified atom stereocenters. The third-order valence-corrected chi connectivity index (χ3v) is 4.38. The molecule has 2 aromatic rings. The van der Waals surface area contributed by atoms with E-state index in [0.717, 1.165) is 22.1 Å². The van der Waals surface area contributed by atoms with Gasteiger partial charge in [0, 0.05) is 10.8 Å². The molecule has 122 valence electrons. The van der Waals surface area contributed by atoms with E-state index in [2.05, 4.69) is 5.32 Å². The lowest BCUT2D eigenvalue weighted by Crippen LogP contribution is -2.29. The van der Waals surface area contributed by atoms with Crippen LogP contribution in [0, 0.1) is 6.92 Å². The van der Waals surface area contributed by atoms with E-state index in [-0.39, 0.29) is 5.91 Å². The van der Waals surface area contributed by atoms with Crippen molar-refractivity contribution in [3.05, 3.63) is 64.7 Å². The Kier molecular flexibility index (Phi) is 7.30. The molecule has 0 atom stereocenters. The average molecular weight is 350 g/mol. The smallest absolute Gasteiger partial charge is 0.230 e. The summed E-state index contributed by atoms with van der Waals surface area (Å²) in [5.41, 5.74) is 2.36. The lowest BCUT2D eigenvalue weighted by atomic mass is 10.2. The van der Waals surface area contributed by atoms with Crippen molar-refractivity contribution in [3.63, 3.8) is 0 Å². The molecule has 3 nitrogen and oxygen atoms in total. The van der Waals surface area contributed by atoms with Crippen LogP contribution >= 0.6 is 23.4 Å². The van der Waals surface area contributed by atoms with Crippen molar-refractivity contribution < 1.29 is 9.53 Å². The van der Waals surface area contributed by atoms with Crippen molar-refractivity contribution in [1.29, 1.82) is 0 Å². The largest absolute Gasteiger partial charge is 0.492 e. The second kappa shape index (κ2) is 9.48. The summed E-state index contributed by atoms with van der Waals surface area (Å²) >= 11 is 7.42. The molecule has 0 aromatic heterocycles. The van der Waals surface area contributed by atoms with Crippen LogP contribution in [0.5, 0.6) is 5.75 Å². The zero-order valence-corrected chi connectivity index (χ0v) is 14.6. The van der Waals surface area contributed by atoms with Gasteiger partial charge in [-0.25, -0.2) is 0 Å². The highest BCUT2D eigenvalue weighted by atomic mass is 35.5. The maximum atomic E-state index is 11.7. The predicted molar refractivity (Wildman–Crippen MR) is 97.3 cm³/mol. The summed E-state index contributed by atoms with van der Waals surface area (Å²) in [6, 6.07) is 15.5. The van der Waals surface area contributed by atoms with Gasteiger partial charge in [0.05, 0.1) is 12.3 Å². The van der Waals surface area contributed by atoms with Crippen molar-refractivity contribution in [2.24, 2.45) is 0 Å². The maximum absolute atomic E-state index is 11.7. The molecule has 0 bridgehead atoms. The van der Waals surface area contributed by atoms with Gasteiger partial charge in [0.1, 0.15) is 12.4 Å². The lowest BCUT2D eigenvalue weighted by Gasteiger charge is -2.08. The molecule has 23 heavy (non-hydrogen) atoms. The Morgan fingerprint density at radius 2 is 1.83 bits per heavy atom. The Balaban J connectivity index is 1.56. The summed E-state index contributed by atoms with van der Waals surface area (Å²) < 4.78 is 5.56. The molecule has 0 aliphatic rings. The third-order valence-electron chi connectivity index (χ3n) is 3.13. The van der Waals surface area contributed by atoms with Crippen LogP contribution in [0.15, 0.2) is 48.5 Å². The Morgan fingerprint density at radius 3 is 2.52 bits per heavy atom. The van der Waals surface area contributed by atoms with Gasteiger partial charge in [-0.3, -0.25) is 4.79 Å². The zero-order valence-electron chi connectivity index (χ0n) is 13.0. The highest BCUT2D eigenvalue weighted by molar-refractivity contribution is 7.99. The minimum absolute atomic E-state index is 0.0245. The fourth-order valence-corrected chi connectivity index (χ4v) is 2.83. The number of thioether (sulfide) groups is 1. The number of hydrogen-bond donors (Lipinski definition) is 1. The number of rotatable bonds is 8. The predicted octanol–water partition coefficient (Wildman–Crippen LogP) is 4.08. The molecular weight excluding hydrogens is 330 g/mol. The number of ether oxygens (including phenoxy) is 1. The SMILES string of the molecule is Cc1ccc(OCCNC(=O)CSCc2ccc(Cl)cc2)cc1. The normalized spacial score (nSPS) is 10.3. The number of carbonyl (C=O) groups excluding carboxylic acids is 1. The quantitative estimate of drug-likeness (QED) is 0.730.